The molecule has 0 bridgehead atoms. The van der Waals surface area contributed by atoms with Crippen LogP contribution in [-0.2, 0) is 30.4 Å². The van der Waals surface area contributed by atoms with Gasteiger partial charge in [0.05, 0.1) is 13.0 Å². The lowest BCUT2D eigenvalue weighted by Gasteiger charge is -2.27. The highest BCUT2D eigenvalue weighted by Crippen LogP contribution is 2.13. The second kappa shape index (κ2) is 13.9. The van der Waals surface area contributed by atoms with Crippen LogP contribution in [-0.4, -0.2) is 75.7 Å². The Hall–Kier alpha value is -3.71. The number of carboxylic acids is 1. The molecular formula is C22H33N5O8. The predicted octanol–water partition coefficient (Wildman–Crippen LogP) is -2.29. The minimum Gasteiger partial charge on any atom is -0.508 e. The van der Waals surface area contributed by atoms with Gasteiger partial charge in [0.15, 0.2) is 0 Å². The zero-order chi connectivity index (χ0) is 26.7. The molecule has 0 aliphatic heterocycles. The van der Waals surface area contributed by atoms with Crippen molar-refractivity contribution in [3.63, 3.8) is 0 Å². The normalized spacial score (nSPS) is 15.1. The topological polar surface area (TPSA) is 234 Å². The Morgan fingerprint density at radius 3 is 2.00 bits per heavy atom. The zero-order valence-electron chi connectivity index (χ0n) is 19.6. The fourth-order valence-corrected chi connectivity index (χ4v) is 3.06. The average Bonchev–Trinajstić information content (AvgIpc) is 2.81. The molecular weight excluding hydrogens is 462 g/mol. The minimum absolute atomic E-state index is 0.00163. The Morgan fingerprint density at radius 1 is 0.943 bits per heavy atom. The Bertz CT molecular complexity index is 908. The highest BCUT2D eigenvalue weighted by atomic mass is 16.4. The number of aliphatic hydroxyl groups is 1. The third kappa shape index (κ3) is 9.59. The second-order valence-electron chi connectivity index (χ2n) is 8.16. The van der Waals surface area contributed by atoms with Gasteiger partial charge in [-0.1, -0.05) is 32.4 Å². The predicted molar refractivity (Wildman–Crippen MR) is 124 cm³/mol. The largest absolute Gasteiger partial charge is 0.508 e. The van der Waals surface area contributed by atoms with Crippen molar-refractivity contribution in [3.8, 4) is 5.75 Å². The maximum Gasteiger partial charge on any atom is 0.326 e. The molecule has 0 aliphatic carbocycles. The number of phenolic OH excluding ortho intramolecular Hbond substituents is 1. The molecule has 5 atom stereocenters. The number of carboxylic acid groups (broad SMARTS) is 1. The number of nitrogens with two attached hydrogens (primary N) is 2. The molecule has 10 N–H and O–H groups in total. The number of aliphatic carboxylic acids is 1. The molecule has 0 saturated carbocycles. The summed E-state index contributed by atoms with van der Waals surface area (Å²) in [5.74, 6) is -5.26. The van der Waals surface area contributed by atoms with Gasteiger partial charge in [-0.2, -0.15) is 0 Å². The quantitative estimate of drug-likeness (QED) is 0.138. The van der Waals surface area contributed by atoms with Crippen LogP contribution in [0.2, 0.25) is 0 Å². The molecule has 0 aliphatic rings. The van der Waals surface area contributed by atoms with Crippen LogP contribution in [0.3, 0.4) is 0 Å². The monoisotopic (exact) mass is 495 g/mol. The maximum atomic E-state index is 13.0. The molecule has 1 rings (SSSR count). The number of amides is 4. The van der Waals surface area contributed by atoms with E-state index in [0.717, 1.165) is 0 Å². The van der Waals surface area contributed by atoms with Gasteiger partial charge in [0, 0.05) is 6.42 Å². The van der Waals surface area contributed by atoms with Gasteiger partial charge in [-0.15, -0.1) is 0 Å². The molecule has 4 amide bonds. The summed E-state index contributed by atoms with van der Waals surface area (Å²) in [6, 6.07) is 0.445. The molecule has 5 unspecified atom stereocenters. The van der Waals surface area contributed by atoms with Gasteiger partial charge in [-0.05, 0) is 23.6 Å². The van der Waals surface area contributed by atoms with E-state index in [1.807, 2.05) is 0 Å². The van der Waals surface area contributed by atoms with Crippen molar-refractivity contribution in [1.29, 1.82) is 0 Å². The van der Waals surface area contributed by atoms with E-state index in [1.165, 1.54) is 24.3 Å². The van der Waals surface area contributed by atoms with Crippen LogP contribution in [0.25, 0.3) is 0 Å². The first-order valence-corrected chi connectivity index (χ1v) is 11.0. The SMILES string of the molecule is CCC(C)C(NC(=O)C(CC(N)=O)NC(=O)C(N)CO)C(=O)NC(Cc1ccc(O)cc1)C(=O)O. The number of carbonyl (C=O) groups is 5. The van der Waals surface area contributed by atoms with Crippen LogP contribution in [0.15, 0.2) is 24.3 Å². The lowest BCUT2D eigenvalue weighted by Crippen LogP contribution is -2.59. The van der Waals surface area contributed by atoms with Crippen LogP contribution in [0.5, 0.6) is 5.75 Å². The van der Waals surface area contributed by atoms with Crippen molar-refractivity contribution in [2.75, 3.05) is 6.61 Å². The molecule has 194 valence electrons. The number of phenols is 1. The molecule has 13 nitrogen and oxygen atoms in total. The molecule has 0 saturated heterocycles. The third-order valence-electron chi connectivity index (χ3n) is 5.36. The fourth-order valence-electron chi connectivity index (χ4n) is 3.06. The van der Waals surface area contributed by atoms with E-state index >= 15 is 0 Å². The smallest absolute Gasteiger partial charge is 0.326 e. The van der Waals surface area contributed by atoms with Gasteiger partial charge >= 0.3 is 5.97 Å². The summed E-state index contributed by atoms with van der Waals surface area (Å²) in [5, 5.41) is 35.0. The second-order valence-corrected chi connectivity index (χ2v) is 8.16. The van der Waals surface area contributed by atoms with E-state index in [0.29, 0.717) is 12.0 Å². The average molecular weight is 496 g/mol. The summed E-state index contributed by atoms with van der Waals surface area (Å²) in [5.41, 5.74) is 11.1. The van der Waals surface area contributed by atoms with Crippen molar-refractivity contribution in [2.24, 2.45) is 17.4 Å². The highest BCUT2D eigenvalue weighted by molar-refractivity contribution is 5.96. The zero-order valence-corrected chi connectivity index (χ0v) is 19.6. The first-order chi connectivity index (χ1) is 16.4. The van der Waals surface area contributed by atoms with Gasteiger partial charge in [-0.3, -0.25) is 19.2 Å². The van der Waals surface area contributed by atoms with Crippen LogP contribution in [0, 0.1) is 5.92 Å². The Morgan fingerprint density at radius 2 is 1.51 bits per heavy atom. The molecule has 0 fully saturated rings. The van der Waals surface area contributed by atoms with Gasteiger partial charge < -0.3 is 42.7 Å². The highest BCUT2D eigenvalue weighted by Gasteiger charge is 2.33. The van der Waals surface area contributed by atoms with Gasteiger partial charge in [0.25, 0.3) is 0 Å². The van der Waals surface area contributed by atoms with E-state index in [1.54, 1.807) is 13.8 Å². The molecule has 0 aromatic heterocycles. The van der Waals surface area contributed by atoms with Crippen molar-refractivity contribution in [3.05, 3.63) is 29.8 Å². The number of aliphatic hydroxyl groups excluding tert-OH is 1. The lowest BCUT2D eigenvalue weighted by atomic mass is 9.96. The summed E-state index contributed by atoms with van der Waals surface area (Å²) in [6.45, 7) is 2.71. The van der Waals surface area contributed by atoms with Crippen molar-refractivity contribution in [1.82, 2.24) is 16.0 Å². The number of carbonyl (C=O) groups excluding carboxylic acids is 4. The number of hydrogen-bond donors (Lipinski definition) is 8. The van der Waals surface area contributed by atoms with Crippen LogP contribution >= 0.6 is 0 Å². The minimum atomic E-state index is -1.47. The summed E-state index contributed by atoms with van der Waals surface area (Å²) < 4.78 is 0. The maximum absolute atomic E-state index is 13.0. The van der Waals surface area contributed by atoms with E-state index in [4.69, 9.17) is 16.6 Å². The van der Waals surface area contributed by atoms with Crippen LogP contribution in [0.4, 0.5) is 0 Å². The van der Waals surface area contributed by atoms with Gasteiger partial charge in [0.1, 0.15) is 29.9 Å². The van der Waals surface area contributed by atoms with Crippen molar-refractivity contribution < 1.29 is 39.3 Å². The molecule has 0 radical (unpaired) electrons. The number of hydrogen-bond acceptors (Lipinski definition) is 8. The standard InChI is InChI=1S/C22H33N5O8/c1-3-11(2)18(27-20(32)15(9-17(24)30)25-19(31)14(23)10-28)21(33)26-16(22(34)35)8-12-4-6-13(29)7-5-12/h4-7,11,14-16,18,28-29H,3,8-10,23H2,1-2H3,(H2,24,30)(H,25,31)(H,26,33)(H,27,32)(H,34,35). The van der Waals surface area contributed by atoms with Crippen molar-refractivity contribution in [2.45, 2.75) is 57.3 Å². The van der Waals surface area contributed by atoms with Gasteiger partial charge in [-0.25, -0.2) is 4.79 Å². The van der Waals surface area contributed by atoms with E-state index in [2.05, 4.69) is 16.0 Å². The molecule has 1 aromatic rings. The van der Waals surface area contributed by atoms with E-state index < -0.39 is 72.7 Å². The Balaban J connectivity index is 3.04. The molecule has 35 heavy (non-hydrogen) atoms. The molecule has 0 spiro atoms. The van der Waals surface area contributed by atoms with Crippen LogP contribution < -0.4 is 27.4 Å². The first-order valence-electron chi connectivity index (χ1n) is 11.0. The van der Waals surface area contributed by atoms with E-state index in [9.17, 15) is 34.2 Å². The molecule has 1 aromatic carbocycles. The number of nitrogens with one attached hydrogen (secondary N) is 3. The molecule has 0 heterocycles. The molecule has 13 heteroatoms. The summed E-state index contributed by atoms with van der Waals surface area (Å²) in [7, 11) is 0. The first kappa shape index (κ1) is 29.3. The number of benzene rings is 1. The van der Waals surface area contributed by atoms with Gasteiger partial charge in [0.2, 0.25) is 23.6 Å². The summed E-state index contributed by atoms with van der Waals surface area (Å²) >= 11 is 0. The Labute approximate surface area is 202 Å². The van der Waals surface area contributed by atoms with Crippen molar-refractivity contribution >= 4 is 29.6 Å². The van der Waals surface area contributed by atoms with E-state index in [-0.39, 0.29) is 12.2 Å². The number of aromatic hydroxyl groups is 1. The summed E-state index contributed by atoms with van der Waals surface area (Å²) in [6.07, 6.45) is -0.249. The number of primary amides is 1. The fraction of sp³-hybridized carbons (Fsp3) is 0.500. The third-order valence-corrected chi connectivity index (χ3v) is 5.36. The Kier molecular flexibility index (Phi) is 11.6. The lowest BCUT2D eigenvalue weighted by molar-refractivity contribution is -0.142. The number of rotatable bonds is 14. The summed E-state index contributed by atoms with van der Waals surface area (Å²) in [4.78, 5) is 61.0. The van der Waals surface area contributed by atoms with Crippen LogP contribution in [0.1, 0.15) is 32.3 Å².